The molecule has 0 radical (unpaired) electrons. The first-order valence-electron chi connectivity index (χ1n) is 4.79. The molecular formula is C8H11ClF3NO3S. The molecule has 0 saturated carbocycles. The minimum atomic E-state index is -4.51. The molecule has 4 nitrogen and oxygen atoms in total. The normalized spacial score (nSPS) is 24.2. The van der Waals surface area contributed by atoms with Gasteiger partial charge in [-0.25, -0.2) is 8.42 Å². The van der Waals surface area contributed by atoms with Crippen molar-refractivity contribution in [3.05, 3.63) is 0 Å². The van der Waals surface area contributed by atoms with Crippen LogP contribution in [0.3, 0.4) is 0 Å². The smallest absolute Gasteiger partial charge is 0.331 e. The summed E-state index contributed by atoms with van der Waals surface area (Å²) < 4.78 is 58.8. The van der Waals surface area contributed by atoms with Crippen LogP contribution in [0.25, 0.3) is 0 Å². The summed E-state index contributed by atoms with van der Waals surface area (Å²) in [6.45, 7) is 0.640. The second-order valence-electron chi connectivity index (χ2n) is 4.04. The predicted octanol–water partition coefficient (Wildman–Crippen LogP) is 1.35. The molecule has 1 aliphatic rings. The monoisotopic (exact) mass is 293 g/mol. The minimum absolute atomic E-state index is 0.216. The first-order valence-corrected chi connectivity index (χ1v) is 7.27. The molecule has 0 N–H and O–H groups in total. The second-order valence-corrected chi connectivity index (χ2v) is 6.86. The summed E-state index contributed by atoms with van der Waals surface area (Å²) in [4.78, 5) is 12.0. The summed E-state index contributed by atoms with van der Waals surface area (Å²) in [5.41, 5.74) is 0. The minimum Gasteiger partial charge on any atom is -0.331 e. The Morgan fingerprint density at radius 2 is 2.06 bits per heavy atom. The van der Waals surface area contributed by atoms with E-state index in [2.05, 4.69) is 0 Å². The van der Waals surface area contributed by atoms with Crippen molar-refractivity contribution in [2.45, 2.75) is 25.6 Å². The van der Waals surface area contributed by atoms with E-state index in [4.69, 9.17) is 10.7 Å². The molecule has 17 heavy (non-hydrogen) atoms. The molecule has 1 heterocycles. The van der Waals surface area contributed by atoms with Crippen LogP contribution in [0.2, 0.25) is 0 Å². The highest BCUT2D eigenvalue weighted by Gasteiger charge is 2.45. The Hall–Kier alpha value is -0.500. The highest BCUT2D eigenvalue weighted by atomic mass is 35.7. The molecule has 2 atom stereocenters. The van der Waals surface area contributed by atoms with E-state index in [1.165, 1.54) is 0 Å². The summed E-state index contributed by atoms with van der Waals surface area (Å²) in [6.07, 6.45) is -4.73. The number of carbonyl (C=O) groups excluding carboxylic acids is 1. The van der Waals surface area contributed by atoms with E-state index in [0.29, 0.717) is 4.90 Å². The lowest BCUT2D eigenvalue weighted by Gasteiger charge is -2.26. The van der Waals surface area contributed by atoms with E-state index in [1.54, 1.807) is 0 Å². The molecule has 0 aliphatic carbocycles. The molecule has 1 fully saturated rings. The zero-order valence-electron chi connectivity index (χ0n) is 8.87. The first kappa shape index (κ1) is 14.6. The molecule has 2 unspecified atom stereocenters. The lowest BCUT2D eigenvalue weighted by Crippen LogP contribution is -2.44. The number of alkyl halides is 3. The van der Waals surface area contributed by atoms with Gasteiger partial charge < -0.3 is 4.90 Å². The zero-order chi connectivity index (χ0) is 13.4. The molecule has 1 aliphatic heterocycles. The number of rotatable bonds is 3. The molecule has 0 bridgehead atoms. The van der Waals surface area contributed by atoms with Crippen molar-refractivity contribution in [2.24, 2.45) is 5.92 Å². The lowest BCUT2D eigenvalue weighted by molar-refractivity contribution is -0.182. The van der Waals surface area contributed by atoms with Crippen molar-refractivity contribution < 1.29 is 26.4 Å². The number of hydrogen-bond acceptors (Lipinski definition) is 3. The van der Waals surface area contributed by atoms with Crippen molar-refractivity contribution in [3.8, 4) is 0 Å². The molecular weight excluding hydrogens is 283 g/mol. The largest absolute Gasteiger partial charge is 0.408 e. The molecule has 9 heteroatoms. The highest BCUT2D eigenvalue weighted by molar-refractivity contribution is 8.13. The number of carbonyl (C=O) groups is 1. The molecule has 0 aromatic rings. The van der Waals surface area contributed by atoms with Crippen LogP contribution in [0.15, 0.2) is 0 Å². The van der Waals surface area contributed by atoms with Crippen LogP contribution in [0.4, 0.5) is 13.2 Å². The Bertz CT molecular complexity index is 409. The molecule has 1 saturated heterocycles. The van der Waals surface area contributed by atoms with Crippen LogP contribution < -0.4 is 0 Å². The lowest BCUT2D eigenvalue weighted by atomic mass is 10.1. The number of amides is 1. The van der Waals surface area contributed by atoms with Crippen LogP contribution in [0.5, 0.6) is 0 Å². The van der Waals surface area contributed by atoms with Crippen molar-refractivity contribution >= 4 is 25.6 Å². The van der Waals surface area contributed by atoms with E-state index in [9.17, 15) is 26.4 Å². The Kier molecular flexibility index (Phi) is 3.97. The summed E-state index contributed by atoms with van der Waals surface area (Å²) in [6, 6.07) is -1.90. The summed E-state index contributed by atoms with van der Waals surface area (Å²) >= 11 is 0. The van der Waals surface area contributed by atoms with Crippen LogP contribution in [-0.4, -0.2) is 43.7 Å². The number of likely N-dealkylation sites (tertiary alicyclic amines) is 1. The Balaban J connectivity index is 2.71. The molecule has 1 rings (SSSR count). The van der Waals surface area contributed by atoms with E-state index >= 15 is 0 Å². The van der Waals surface area contributed by atoms with Gasteiger partial charge in [0.2, 0.25) is 15.0 Å². The highest BCUT2D eigenvalue weighted by Crippen LogP contribution is 2.30. The Labute approximate surface area is 101 Å². The summed E-state index contributed by atoms with van der Waals surface area (Å²) in [5, 5.41) is 0. The average Bonchev–Trinajstić information content (AvgIpc) is 2.40. The first-order chi connectivity index (χ1) is 7.50. The molecule has 1 amide bonds. The van der Waals surface area contributed by atoms with Gasteiger partial charge in [-0.2, -0.15) is 13.2 Å². The third kappa shape index (κ3) is 4.02. The molecule has 100 valence electrons. The third-order valence-corrected chi connectivity index (χ3v) is 3.86. The van der Waals surface area contributed by atoms with Gasteiger partial charge in [0, 0.05) is 29.6 Å². The maximum absolute atomic E-state index is 12.4. The average molecular weight is 294 g/mol. The van der Waals surface area contributed by atoms with Gasteiger partial charge in [-0.3, -0.25) is 4.79 Å². The van der Waals surface area contributed by atoms with Gasteiger partial charge >= 0.3 is 6.18 Å². The van der Waals surface area contributed by atoms with Gasteiger partial charge in [-0.05, 0) is 6.92 Å². The van der Waals surface area contributed by atoms with Crippen molar-refractivity contribution in [1.82, 2.24) is 4.90 Å². The Morgan fingerprint density at radius 3 is 2.47 bits per heavy atom. The Morgan fingerprint density at radius 1 is 1.53 bits per heavy atom. The van der Waals surface area contributed by atoms with Gasteiger partial charge in [0.05, 0.1) is 5.75 Å². The SMILES string of the molecule is CC(N1CC(CS(=O)(=O)Cl)CC1=O)C(F)(F)F. The molecule has 0 spiro atoms. The van der Waals surface area contributed by atoms with Gasteiger partial charge in [-0.15, -0.1) is 0 Å². The van der Waals surface area contributed by atoms with E-state index < -0.39 is 38.8 Å². The fourth-order valence-electron chi connectivity index (χ4n) is 1.75. The maximum atomic E-state index is 12.4. The van der Waals surface area contributed by atoms with Crippen LogP contribution in [0.1, 0.15) is 13.3 Å². The predicted molar refractivity (Wildman–Crippen MR) is 55.0 cm³/mol. The van der Waals surface area contributed by atoms with Crippen molar-refractivity contribution in [2.75, 3.05) is 12.3 Å². The quantitative estimate of drug-likeness (QED) is 0.738. The maximum Gasteiger partial charge on any atom is 0.408 e. The van der Waals surface area contributed by atoms with E-state index in [-0.39, 0.29) is 13.0 Å². The fourth-order valence-corrected chi connectivity index (χ4v) is 3.07. The number of nitrogens with zero attached hydrogens (tertiary/aromatic N) is 1. The topological polar surface area (TPSA) is 54.5 Å². The van der Waals surface area contributed by atoms with E-state index in [1.807, 2.05) is 0 Å². The van der Waals surface area contributed by atoms with Gasteiger partial charge in [0.15, 0.2) is 0 Å². The second kappa shape index (κ2) is 4.64. The van der Waals surface area contributed by atoms with Crippen LogP contribution in [0, 0.1) is 5.92 Å². The number of hydrogen-bond donors (Lipinski definition) is 0. The summed E-state index contributed by atoms with van der Waals surface area (Å²) in [5.74, 6) is -1.85. The zero-order valence-corrected chi connectivity index (χ0v) is 10.4. The van der Waals surface area contributed by atoms with Gasteiger partial charge in [-0.1, -0.05) is 0 Å². The number of halogens is 4. The molecule has 0 aromatic heterocycles. The van der Waals surface area contributed by atoms with Gasteiger partial charge in [0.1, 0.15) is 6.04 Å². The molecule has 0 aromatic carbocycles. The van der Waals surface area contributed by atoms with E-state index in [0.717, 1.165) is 6.92 Å². The van der Waals surface area contributed by atoms with Gasteiger partial charge in [0.25, 0.3) is 0 Å². The third-order valence-electron chi connectivity index (χ3n) is 2.61. The van der Waals surface area contributed by atoms with Crippen LogP contribution >= 0.6 is 10.7 Å². The summed E-state index contributed by atoms with van der Waals surface area (Å²) in [7, 11) is 1.19. The standard InChI is InChI=1S/C8H11ClF3NO3S/c1-5(8(10,11)12)13-3-6(2-7(13)14)4-17(9,15)16/h5-6H,2-4H2,1H3. The fraction of sp³-hybridized carbons (Fsp3) is 0.875. The van der Waals surface area contributed by atoms with Crippen molar-refractivity contribution in [3.63, 3.8) is 0 Å². The van der Waals surface area contributed by atoms with Crippen molar-refractivity contribution in [1.29, 1.82) is 0 Å². The van der Waals surface area contributed by atoms with Crippen LogP contribution in [-0.2, 0) is 13.8 Å².